The van der Waals surface area contributed by atoms with Gasteiger partial charge >= 0.3 is 0 Å². The monoisotopic (exact) mass is 434 g/mol. The maximum absolute atomic E-state index is 12.4. The number of benzene rings is 1. The lowest BCUT2D eigenvalue weighted by molar-refractivity contribution is -0.124. The van der Waals surface area contributed by atoms with Crippen LogP contribution in [0.1, 0.15) is 34.5 Å². The summed E-state index contributed by atoms with van der Waals surface area (Å²) in [5.74, 6) is 0.792. The van der Waals surface area contributed by atoms with Crippen molar-refractivity contribution in [2.24, 2.45) is 0 Å². The van der Waals surface area contributed by atoms with Crippen LogP contribution < -0.4 is 10.1 Å². The van der Waals surface area contributed by atoms with Gasteiger partial charge in [-0.05, 0) is 71.9 Å². The van der Waals surface area contributed by atoms with E-state index in [-0.39, 0.29) is 24.5 Å². The smallest absolute Gasteiger partial charge is 0.289 e. The van der Waals surface area contributed by atoms with Crippen molar-refractivity contribution in [2.45, 2.75) is 32.7 Å². The Hall–Kier alpha value is -2.28. The summed E-state index contributed by atoms with van der Waals surface area (Å²) < 4.78 is 11.5. The number of hydrogen-bond donors (Lipinski definition) is 1. The standard InChI is InChI=1S/C20H23BrN2O4/c1-13-4-3-5-16(14(13)2)26-12-19(24)22-15-8-10-23(11-9-15)20(25)17-6-7-18(21)27-17/h3-7,15H,8-12H2,1-2H3,(H,22,24). The first-order valence-electron chi connectivity index (χ1n) is 8.97. The third-order valence-corrected chi connectivity index (χ3v) is 5.27. The van der Waals surface area contributed by atoms with Gasteiger partial charge in [0.05, 0.1) is 0 Å². The summed E-state index contributed by atoms with van der Waals surface area (Å²) in [5.41, 5.74) is 2.18. The van der Waals surface area contributed by atoms with E-state index in [9.17, 15) is 9.59 Å². The van der Waals surface area contributed by atoms with Crippen molar-refractivity contribution in [1.29, 1.82) is 0 Å². The third kappa shape index (κ3) is 4.91. The molecule has 0 bridgehead atoms. The number of aryl methyl sites for hydroxylation is 1. The van der Waals surface area contributed by atoms with Gasteiger partial charge in [-0.15, -0.1) is 0 Å². The van der Waals surface area contributed by atoms with Gasteiger partial charge < -0.3 is 19.4 Å². The van der Waals surface area contributed by atoms with Gasteiger partial charge in [0.1, 0.15) is 5.75 Å². The van der Waals surface area contributed by atoms with E-state index >= 15 is 0 Å². The van der Waals surface area contributed by atoms with Crippen LogP contribution in [-0.2, 0) is 4.79 Å². The number of amides is 2. The molecule has 0 spiro atoms. The second-order valence-electron chi connectivity index (χ2n) is 6.72. The van der Waals surface area contributed by atoms with E-state index < -0.39 is 0 Å². The molecule has 2 amide bonds. The lowest BCUT2D eigenvalue weighted by Gasteiger charge is -2.31. The SMILES string of the molecule is Cc1cccc(OCC(=O)NC2CCN(C(=O)c3ccc(Br)o3)CC2)c1C. The highest BCUT2D eigenvalue weighted by molar-refractivity contribution is 9.10. The summed E-state index contributed by atoms with van der Waals surface area (Å²) in [7, 11) is 0. The molecule has 1 aromatic heterocycles. The molecule has 3 rings (SSSR count). The Morgan fingerprint density at radius 1 is 1.22 bits per heavy atom. The van der Waals surface area contributed by atoms with Gasteiger partial charge in [0.15, 0.2) is 17.0 Å². The zero-order valence-corrected chi connectivity index (χ0v) is 17.0. The molecule has 2 heterocycles. The van der Waals surface area contributed by atoms with Gasteiger partial charge in [0, 0.05) is 19.1 Å². The number of rotatable bonds is 5. The Morgan fingerprint density at radius 2 is 1.96 bits per heavy atom. The van der Waals surface area contributed by atoms with E-state index in [1.165, 1.54) is 0 Å². The summed E-state index contributed by atoms with van der Waals surface area (Å²) in [6.07, 6.45) is 1.42. The minimum Gasteiger partial charge on any atom is -0.483 e. The molecule has 0 unspecified atom stereocenters. The highest BCUT2D eigenvalue weighted by atomic mass is 79.9. The highest BCUT2D eigenvalue weighted by Crippen LogP contribution is 2.21. The topological polar surface area (TPSA) is 71.8 Å². The maximum Gasteiger partial charge on any atom is 0.289 e. The third-order valence-electron chi connectivity index (χ3n) is 4.84. The quantitative estimate of drug-likeness (QED) is 0.781. The highest BCUT2D eigenvalue weighted by Gasteiger charge is 2.26. The number of hydrogen-bond acceptors (Lipinski definition) is 4. The van der Waals surface area contributed by atoms with Gasteiger partial charge in [0.2, 0.25) is 0 Å². The molecule has 0 atom stereocenters. The van der Waals surface area contributed by atoms with E-state index in [0.717, 1.165) is 16.9 Å². The van der Waals surface area contributed by atoms with E-state index in [4.69, 9.17) is 9.15 Å². The van der Waals surface area contributed by atoms with E-state index in [2.05, 4.69) is 21.2 Å². The van der Waals surface area contributed by atoms with Gasteiger partial charge in [-0.1, -0.05) is 12.1 Å². The first-order chi connectivity index (χ1) is 12.9. The Labute approximate surface area is 167 Å². The molecule has 1 aliphatic heterocycles. The Bertz CT molecular complexity index is 825. The molecule has 0 aliphatic carbocycles. The summed E-state index contributed by atoms with van der Waals surface area (Å²) in [6.45, 7) is 5.15. The molecule has 1 saturated heterocycles. The first-order valence-corrected chi connectivity index (χ1v) is 9.76. The summed E-state index contributed by atoms with van der Waals surface area (Å²) in [6, 6.07) is 9.21. The van der Waals surface area contributed by atoms with Crippen molar-refractivity contribution in [3.63, 3.8) is 0 Å². The van der Waals surface area contributed by atoms with Crippen molar-refractivity contribution < 1.29 is 18.7 Å². The number of carbonyl (C=O) groups is 2. The van der Waals surface area contributed by atoms with Crippen molar-refractivity contribution >= 4 is 27.7 Å². The molecular weight excluding hydrogens is 412 g/mol. The number of furan rings is 1. The summed E-state index contributed by atoms with van der Waals surface area (Å²) in [4.78, 5) is 26.3. The Kier molecular flexibility index (Phi) is 6.21. The Balaban J connectivity index is 1.44. The average Bonchev–Trinajstić information content (AvgIpc) is 3.09. The number of ether oxygens (including phenoxy) is 1. The van der Waals surface area contributed by atoms with Crippen LogP contribution >= 0.6 is 15.9 Å². The van der Waals surface area contributed by atoms with Crippen LogP contribution in [0.25, 0.3) is 0 Å². The zero-order chi connectivity index (χ0) is 19.4. The molecule has 1 aromatic carbocycles. The summed E-state index contributed by atoms with van der Waals surface area (Å²) in [5, 5.41) is 2.99. The van der Waals surface area contributed by atoms with Crippen molar-refractivity contribution in [1.82, 2.24) is 10.2 Å². The fraction of sp³-hybridized carbons (Fsp3) is 0.400. The zero-order valence-electron chi connectivity index (χ0n) is 15.5. The molecule has 1 fully saturated rings. The molecule has 0 saturated carbocycles. The van der Waals surface area contributed by atoms with Gasteiger partial charge in [-0.3, -0.25) is 9.59 Å². The van der Waals surface area contributed by atoms with Crippen molar-refractivity contribution in [3.05, 3.63) is 51.9 Å². The molecular formula is C20H23BrN2O4. The average molecular weight is 435 g/mol. The molecule has 144 valence electrons. The second-order valence-corrected chi connectivity index (χ2v) is 7.51. The molecule has 1 aliphatic rings. The number of likely N-dealkylation sites (tertiary alicyclic amines) is 1. The van der Waals surface area contributed by atoms with Crippen LogP contribution in [0.5, 0.6) is 5.75 Å². The normalized spacial score (nSPS) is 14.9. The summed E-state index contributed by atoms with van der Waals surface area (Å²) >= 11 is 3.20. The van der Waals surface area contributed by atoms with Crippen LogP contribution in [0.4, 0.5) is 0 Å². The number of carbonyl (C=O) groups excluding carboxylic acids is 2. The molecule has 2 aromatic rings. The Morgan fingerprint density at radius 3 is 2.63 bits per heavy atom. The van der Waals surface area contributed by atoms with Crippen LogP contribution in [0.3, 0.4) is 0 Å². The largest absolute Gasteiger partial charge is 0.483 e. The van der Waals surface area contributed by atoms with E-state index in [1.807, 2.05) is 32.0 Å². The molecule has 1 N–H and O–H groups in total. The van der Waals surface area contributed by atoms with Gasteiger partial charge in [-0.25, -0.2) is 0 Å². The van der Waals surface area contributed by atoms with Crippen LogP contribution in [-0.4, -0.2) is 42.5 Å². The molecule has 0 radical (unpaired) electrons. The van der Waals surface area contributed by atoms with E-state index in [1.54, 1.807) is 17.0 Å². The number of nitrogens with one attached hydrogen (secondary N) is 1. The van der Waals surface area contributed by atoms with Gasteiger partial charge in [-0.2, -0.15) is 0 Å². The van der Waals surface area contributed by atoms with Crippen molar-refractivity contribution in [2.75, 3.05) is 19.7 Å². The molecule has 27 heavy (non-hydrogen) atoms. The van der Waals surface area contributed by atoms with Crippen LogP contribution in [0.15, 0.2) is 39.4 Å². The number of piperidine rings is 1. The maximum atomic E-state index is 12.4. The minimum absolute atomic E-state index is 0.0101. The second kappa shape index (κ2) is 8.61. The molecule has 6 nitrogen and oxygen atoms in total. The van der Waals surface area contributed by atoms with Crippen molar-refractivity contribution in [3.8, 4) is 5.75 Å². The minimum atomic E-state index is -0.143. The predicted octanol–water partition coefficient (Wildman–Crippen LogP) is 3.46. The lowest BCUT2D eigenvalue weighted by Crippen LogP contribution is -2.47. The molecule has 7 heteroatoms. The predicted molar refractivity (Wildman–Crippen MR) is 105 cm³/mol. The van der Waals surface area contributed by atoms with E-state index in [0.29, 0.717) is 36.4 Å². The lowest BCUT2D eigenvalue weighted by atomic mass is 10.0. The number of nitrogens with zero attached hydrogens (tertiary/aromatic N) is 1. The number of halogens is 1. The fourth-order valence-corrected chi connectivity index (χ4v) is 3.41. The van der Waals surface area contributed by atoms with Crippen LogP contribution in [0, 0.1) is 13.8 Å². The fourth-order valence-electron chi connectivity index (χ4n) is 3.11. The van der Waals surface area contributed by atoms with Crippen LogP contribution in [0.2, 0.25) is 0 Å². The van der Waals surface area contributed by atoms with Gasteiger partial charge in [0.25, 0.3) is 11.8 Å². The first kappa shape index (κ1) is 19.5.